The number of Topliss-reactive ketones (excluding diaryl/α,β-unsaturated/α-hetero) is 1. The van der Waals surface area contributed by atoms with Crippen LogP contribution >= 0.6 is 0 Å². The fourth-order valence-corrected chi connectivity index (χ4v) is 3.32. The first-order chi connectivity index (χ1) is 12.3. The summed E-state index contributed by atoms with van der Waals surface area (Å²) >= 11 is 0. The first kappa shape index (κ1) is 18.9. The Kier molecular flexibility index (Phi) is 7.36. The van der Waals surface area contributed by atoms with Crippen LogP contribution < -0.4 is 5.84 Å². The van der Waals surface area contributed by atoms with Gasteiger partial charge in [0.05, 0.1) is 5.71 Å². The van der Waals surface area contributed by atoms with Crippen molar-refractivity contribution in [3.05, 3.63) is 70.8 Å². The number of carbonyl (C=O) groups excluding carboxylic acids is 1. The number of nitrogens with two attached hydrogens (primary N) is 1. The Hall–Kier alpha value is -2.46. The largest absolute Gasteiger partial charge is 0.400 e. The number of aryl methyl sites for hydroxylation is 2. The molecule has 0 saturated heterocycles. The number of hydrogen-bond donors (Lipinski definition) is 2. The minimum Gasteiger partial charge on any atom is -0.400 e. The Balaban J connectivity index is 0.000000165. The van der Waals surface area contributed by atoms with Crippen molar-refractivity contribution in [1.29, 1.82) is 0 Å². The van der Waals surface area contributed by atoms with E-state index in [2.05, 4.69) is 23.3 Å². The standard InChI is InChI=1S/C10H12N2.C10H10O.CH4O/c11-12-10-7-3-5-8-4-1-2-6-9(8)10;11-10-7-3-5-8-4-1-2-6-9(8)10;1-2/h1-2,4,6H,3,5,7,11H2;1-2,4,6H,3,5,7H2;2H,1H3/b12-10+;;. The number of aliphatic hydroxyl groups excluding tert-OH is 1. The number of aliphatic hydroxyl groups is 1. The maximum absolute atomic E-state index is 11.3. The molecule has 4 nitrogen and oxygen atoms in total. The van der Waals surface area contributed by atoms with Crippen LogP contribution in [-0.4, -0.2) is 23.7 Å². The average Bonchev–Trinajstić information content (AvgIpc) is 2.70. The van der Waals surface area contributed by atoms with Crippen LogP contribution in [0.3, 0.4) is 0 Å². The predicted molar refractivity (Wildman–Crippen MR) is 102 cm³/mol. The second-order valence-corrected chi connectivity index (χ2v) is 6.02. The Labute approximate surface area is 149 Å². The van der Waals surface area contributed by atoms with Crippen molar-refractivity contribution in [3.8, 4) is 0 Å². The van der Waals surface area contributed by atoms with Gasteiger partial charge in [-0.2, -0.15) is 5.10 Å². The van der Waals surface area contributed by atoms with E-state index in [0.717, 1.165) is 50.5 Å². The van der Waals surface area contributed by atoms with E-state index in [-0.39, 0.29) is 0 Å². The van der Waals surface area contributed by atoms with Crippen molar-refractivity contribution in [1.82, 2.24) is 0 Å². The minimum atomic E-state index is 0.312. The van der Waals surface area contributed by atoms with E-state index >= 15 is 0 Å². The fraction of sp³-hybridized carbons (Fsp3) is 0.333. The van der Waals surface area contributed by atoms with Gasteiger partial charge in [-0.3, -0.25) is 4.79 Å². The molecule has 0 spiro atoms. The van der Waals surface area contributed by atoms with Gasteiger partial charge in [-0.1, -0.05) is 48.5 Å². The summed E-state index contributed by atoms with van der Waals surface area (Å²) < 4.78 is 0. The van der Waals surface area contributed by atoms with Gasteiger partial charge in [-0.05, 0) is 43.2 Å². The molecular weight excluding hydrogens is 312 g/mol. The van der Waals surface area contributed by atoms with E-state index in [0.29, 0.717) is 5.78 Å². The van der Waals surface area contributed by atoms with Gasteiger partial charge < -0.3 is 10.9 Å². The van der Waals surface area contributed by atoms with Crippen LogP contribution in [-0.2, 0) is 12.8 Å². The van der Waals surface area contributed by atoms with E-state index in [4.69, 9.17) is 10.9 Å². The van der Waals surface area contributed by atoms with Crippen LogP contribution in [0.5, 0.6) is 0 Å². The maximum atomic E-state index is 11.3. The Morgan fingerprint density at radius 2 is 1.32 bits per heavy atom. The molecule has 2 aromatic carbocycles. The van der Waals surface area contributed by atoms with Crippen LogP contribution in [0.15, 0.2) is 53.6 Å². The third-order valence-electron chi connectivity index (χ3n) is 4.51. The van der Waals surface area contributed by atoms with Crippen LogP contribution in [0, 0.1) is 0 Å². The molecule has 2 aliphatic rings. The Bertz CT molecular complexity index is 738. The quantitative estimate of drug-likeness (QED) is 0.570. The second kappa shape index (κ2) is 9.74. The van der Waals surface area contributed by atoms with Crippen LogP contribution in [0.2, 0.25) is 0 Å². The fourth-order valence-electron chi connectivity index (χ4n) is 3.32. The van der Waals surface area contributed by atoms with Gasteiger partial charge in [0.15, 0.2) is 5.78 Å². The summed E-state index contributed by atoms with van der Waals surface area (Å²) in [6.07, 6.45) is 6.19. The molecule has 3 N–H and O–H groups in total. The molecule has 0 unspecified atom stereocenters. The van der Waals surface area contributed by atoms with Gasteiger partial charge in [0, 0.05) is 24.7 Å². The topological polar surface area (TPSA) is 75.7 Å². The number of ketones is 1. The van der Waals surface area contributed by atoms with Crippen molar-refractivity contribution in [3.63, 3.8) is 0 Å². The van der Waals surface area contributed by atoms with Gasteiger partial charge in [0.1, 0.15) is 0 Å². The average molecular weight is 338 g/mol. The predicted octanol–water partition coefficient (Wildman–Crippen LogP) is 3.50. The lowest BCUT2D eigenvalue weighted by molar-refractivity contribution is 0.0972. The first-order valence-electron chi connectivity index (χ1n) is 8.70. The molecule has 0 aromatic heterocycles. The minimum absolute atomic E-state index is 0.312. The number of carbonyl (C=O) groups is 1. The molecule has 2 aliphatic carbocycles. The molecular formula is C21H26N2O2. The van der Waals surface area contributed by atoms with Crippen LogP contribution in [0.4, 0.5) is 0 Å². The van der Waals surface area contributed by atoms with Crippen molar-refractivity contribution in [2.24, 2.45) is 10.9 Å². The molecule has 0 bridgehead atoms. The van der Waals surface area contributed by atoms with E-state index in [1.54, 1.807) is 0 Å². The van der Waals surface area contributed by atoms with Gasteiger partial charge in [-0.25, -0.2) is 0 Å². The van der Waals surface area contributed by atoms with E-state index < -0.39 is 0 Å². The lowest BCUT2D eigenvalue weighted by Crippen LogP contribution is -2.13. The summed E-state index contributed by atoms with van der Waals surface area (Å²) in [5.74, 6) is 5.62. The highest BCUT2D eigenvalue weighted by Gasteiger charge is 2.15. The SMILES string of the molecule is CO.N/N=C1\CCCc2ccccc21.O=C1CCCc2ccccc21. The zero-order valence-electron chi connectivity index (χ0n) is 14.7. The van der Waals surface area contributed by atoms with Gasteiger partial charge in [0.25, 0.3) is 0 Å². The second-order valence-electron chi connectivity index (χ2n) is 6.02. The third kappa shape index (κ3) is 4.77. The number of rotatable bonds is 0. The zero-order chi connectivity index (χ0) is 18.1. The van der Waals surface area contributed by atoms with Gasteiger partial charge in [-0.15, -0.1) is 0 Å². The normalized spacial score (nSPS) is 16.6. The summed E-state index contributed by atoms with van der Waals surface area (Å²) in [5, 5.41) is 10.8. The molecule has 0 heterocycles. The lowest BCUT2D eigenvalue weighted by Gasteiger charge is -2.16. The highest BCUT2D eigenvalue weighted by Crippen LogP contribution is 2.21. The first-order valence-corrected chi connectivity index (χ1v) is 8.70. The molecule has 4 rings (SSSR count). The monoisotopic (exact) mass is 338 g/mol. The molecule has 0 radical (unpaired) electrons. The maximum Gasteiger partial charge on any atom is 0.163 e. The summed E-state index contributed by atoms with van der Waals surface area (Å²) in [5.41, 5.74) is 5.85. The third-order valence-corrected chi connectivity index (χ3v) is 4.51. The Morgan fingerprint density at radius 1 is 0.800 bits per heavy atom. The summed E-state index contributed by atoms with van der Waals surface area (Å²) in [6.45, 7) is 0. The van der Waals surface area contributed by atoms with Crippen LogP contribution in [0.1, 0.15) is 52.7 Å². The highest BCUT2D eigenvalue weighted by molar-refractivity contribution is 6.02. The molecule has 132 valence electrons. The molecule has 0 saturated carbocycles. The number of benzene rings is 2. The highest BCUT2D eigenvalue weighted by atomic mass is 16.2. The molecule has 0 atom stereocenters. The number of hydrogen-bond acceptors (Lipinski definition) is 4. The molecule has 0 amide bonds. The zero-order valence-corrected chi connectivity index (χ0v) is 14.7. The van der Waals surface area contributed by atoms with Crippen molar-refractivity contribution in [2.75, 3.05) is 7.11 Å². The van der Waals surface area contributed by atoms with Crippen molar-refractivity contribution in [2.45, 2.75) is 38.5 Å². The van der Waals surface area contributed by atoms with Crippen molar-refractivity contribution < 1.29 is 9.90 Å². The summed E-state index contributed by atoms with van der Waals surface area (Å²) in [4.78, 5) is 11.3. The number of nitrogens with zero attached hydrogens (tertiary/aromatic N) is 1. The lowest BCUT2D eigenvalue weighted by atomic mass is 9.90. The summed E-state index contributed by atoms with van der Waals surface area (Å²) in [6, 6.07) is 16.3. The van der Waals surface area contributed by atoms with Crippen LogP contribution in [0.25, 0.3) is 0 Å². The number of hydrazone groups is 1. The van der Waals surface area contributed by atoms with E-state index in [9.17, 15) is 4.79 Å². The number of fused-ring (bicyclic) bond motifs is 2. The Morgan fingerprint density at radius 3 is 1.92 bits per heavy atom. The van der Waals surface area contributed by atoms with Gasteiger partial charge in [0.2, 0.25) is 0 Å². The van der Waals surface area contributed by atoms with Gasteiger partial charge >= 0.3 is 0 Å². The molecule has 4 heteroatoms. The van der Waals surface area contributed by atoms with E-state index in [1.165, 1.54) is 23.1 Å². The van der Waals surface area contributed by atoms with Crippen molar-refractivity contribution >= 4 is 11.5 Å². The molecule has 0 aliphatic heterocycles. The smallest absolute Gasteiger partial charge is 0.163 e. The molecule has 2 aromatic rings. The van der Waals surface area contributed by atoms with E-state index in [1.807, 2.05) is 30.3 Å². The molecule has 0 fully saturated rings. The molecule has 25 heavy (non-hydrogen) atoms. The summed E-state index contributed by atoms with van der Waals surface area (Å²) in [7, 11) is 1.00.